The minimum Gasteiger partial charge on any atom is -0.309 e. The van der Waals surface area contributed by atoms with E-state index in [0.29, 0.717) is 6.04 Å². The van der Waals surface area contributed by atoms with Crippen molar-refractivity contribution < 1.29 is 0 Å². The van der Waals surface area contributed by atoms with Gasteiger partial charge in [-0.05, 0) is 55.8 Å². The van der Waals surface area contributed by atoms with Crippen molar-refractivity contribution in [3.8, 4) is 11.8 Å². The molecular weight excluding hydrogens is 218 g/mol. The lowest BCUT2D eigenvalue weighted by molar-refractivity contribution is 0.542. The maximum atomic E-state index is 3.61. The van der Waals surface area contributed by atoms with Crippen LogP contribution >= 0.6 is 0 Å². The van der Waals surface area contributed by atoms with Crippen molar-refractivity contribution in [2.24, 2.45) is 0 Å². The van der Waals surface area contributed by atoms with Crippen LogP contribution in [0.2, 0.25) is 0 Å². The van der Waals surface area contributed by atoms with E-state index in [9.17, 15) is 0 Å². The topological polar surface area (TPSA) is 12.0 Å². The van der Waals surface area contributed by atoms with Crippen LogP contribution in [0.5, 0.6) is 0 Å². The number of hydrogen-bond acceptors (Lipinski definition) is 1. The molecule has 1 atom stereocenters. The molecule has 1 nitrogen and oxygen atoms in total. The molecule has 0 fully saturated rings. The Balaban J connectivity index is 2.14. The third-order valence-electron chi connectivity index (χ3n) is 3.65. The lowest BCUT2D eigenvalue weighted by Crippen LogP contribution is -2.21. The second kappa shape index (κ2) is 6.61. The lowest BCUT2D eigenvalue weighted by atomic mass is 9.99. The normalized spacial score (nSPS) is 14.8. The molecule has 1 aliphatic rings. The molecule has 0 bridgehead atoms. The highest BCUT2D eigenvalue weighted by molar-refractivity contribution is 5.37. The fourth-order valence-corrected chi connectivity index (χ4v) is 2.64. The van der Waals surface area contributed by atoms with Crippen molar-refractivity contribution in [3.05, 3.63) is 34.9 Å². The lowest BCUT2D eigenvalue weighted by Gasteiger charge is -2.17. The van der Waals surface area contributed by atoms with Crippen molar-refractivity contribution in [1.82, 2.24) is 5.32 Å². The van der Waals surface area contributed by atoms with Crippen molar-refractivity contribution in [2.75, 3.05) is 6.54 Å². The van der Waals surface area contributed by atoms with Gasteiger partial charge in [-0.25, -0.2) is 0 Å². The molecule has 0 radical (unpaired) electrons. The first-order valence-electron chi connectivity index (χ1n) is 7.09. The minimum atomic E-state index is 0.392. The van der Waals surface area contributed by atoms with E-state index in [1.165, 1.54) is 31.2 Å². The van der Waals surface area contributed by atoms with Crippen LogP contribution in [-0.2, 0) is 12.8 Å². The Morgan fingerprint density at radius 3 is 2.89 bits per heavy atom. The van der Waals surface area contributed by atoms with Gasteiger partial charge >= 0.3 is 0 Å². The van der Waals surface area contributed by atoms with Crippen LogP contribution < -0.4 is 5.32 Å². The molecule has 18 heavy (non-hydrogen) atoms. The first-order valence-corrected chi connectivity index (χ1v) is 7.09. The Bertz CT molecular complexity index is 450. The van der Waals surface area contributed by atoms with Gasteiger partial charge in [0.15, 0.2) is 0 Å². The molecule has 2 rings (SSSR count). The summed E-state index contributed by atoms with van der Waals surface area (Å²) in [6, 6.07) is 7.39. The van der Waals surface area contributed by atoms with Crippen LogP contribution in [0.15, 0.2) is 18.2 Å². The second-order valence-corrected chi connectivity index (χ2v) is 5.02. The Labute approximate surface area is 111 Å². The molecule has 1 aromatic rings. The first-order chi connectivity index (χ1) is 8.85. The van der Waals surface area contributed by atoms with E-state index in [0.717, 1.165) is 13.0 Å². The Morgan fingerprint density at radius 1 is 1.28 bits per heavy atom. The average molecular weight is 241 g/mol. The molecule has 1 aromatic carbocycles. The SMILES string of the molecule is CC#CCC(NCCC)c1ccc2c(c1)CCC2. The van der Waals surface area contributed by atoms with Gasteiger partial charge < -0.3 is 5.32 Å². The third kappa shape index (κ3) is 3.15. The van der Waals surface area contributed by atoms with Crippen molar-refractivity contribution in [1.29, 1.82) is 0 Å². The Morgan fingerprint density at radius 2 is 2.11 bits per heavy atom. The number of rotatable bonds is 5. The number of fused-ring (bicyclic) bond motifs is 1. The quantitative estimate of drug-likeness (QED) is 0.776. The van der Waals surface area contributed by atoms with E-state index in [1.54, 1.807) is 11.1 Å². The predicted octanol–water partition coefficient (Wildman–Crippen LogP) is 3.63. The molecule has 0 saturated carbocycles. The summed E-state index contributed by atoms with van der Waals surface area (Å²) in [6.07, 6.45) is 5.91. The molecule has 96 valence electrons. The molecule has 0 amide bonds. The van der Waals surface area contributed by atoms with Crippen LogP contribution in [0.25, 0.3) is 0 Å². The molecule has 1 aliphatic carbocycles. The van der Waals surface area contributed by atoms with Gasteiger partial charge in [0, 0.05) is 12.5 Å². The number of benzene rings is 1. The highest BCUT2D eigenvalue weighted by Crippen LogP contribution is 2.26. The highest BCUT2D eigenvalue weighted by Gasteiger charge is 2.15. The molecule has 0 saturated heterocycles. The van der Waals surface area contributed by atoms with E-state index < -0.39 is 0 Å². The summed E-state index contributed by atoms with van der Waals surface area (Å²) in [5, 5.41) is 3.61. The zero-order valence-corrected chi connectivity index (χ0v) is 11.6. The van der Waals surface area contributed by atoms with Crippen LogP contribution in [0, 0.1) is 11.8 Å². The fraction of sp³-hybridized carbons (Fsp3) is 0.529. The largest absolute Gasteiger partial charge is 0.309 e. The van der Waals surface area contributed by atoms with Gasteiger partial charge in [-0.15, -0.1) is 11.8 Å². The average Bonchev–Trinajstić information content (AvgIpc) is 2.86. The third-order valence-corrected chi connectivity index (χ3v) is 3.65. The van der Waals surface area contributed by atoms with Gasteiger partial charge in [-0.3, -0.25) is 0 Å². The molecule has 1 heteroatoms. The molecule has 0 aliphatic heterocycles. The summed E-state index contributed by atoms with van der Waals surface area (Å²) < 4.78 is 0. The maximum absolute atomic E-state index is 3.61. The van der Waals surface area contributed by atoms with Gasteiger partial charge in [0.1, 0.15) is 0 Å². The minimum absolute atomic E-state index is 0.392. The number of aryl methyl sites for hydroxylation is 2. The van der Waals surface area contributed by atoms with Crippen LogP contribution in [0.1, 0.15) is 55.8 Å². The molecule has 1 N–H and O–H groups in total. The summed E-state index contributed by atoms with van der Waals surface area (Å²) in [4.78, 5) is 0. The van der Waals surface area contributed by atoms with E-state index >= 15 is 0 Å². The van der Waals surface area contributed by atoms with Gasteiger partial charge in [0.25, 0.3) is 0 Å². The maximum Gasteiger partial charge on any atom is 0.0430 e. The fourth-order valence-electron chi connectivity index (χ4n) is 2.64. The number of nitrogens with one attached hydrogen (secondary N) is 1. The first kappa shape index (κ1) is 13.2. The van der Waals surface area contributed by atoms with Gasteiger partial charge in [-0.1, -0.05) is 25.1 Å². The summed E-state index contributed by atoms with van der Waals surface area (Å²) in [5.41, 5.74) is 4.52. The smallest absolute Gasteiger partial charge is 0.0430 e. The van der Waals surface area contributed by atoms with E-state index in [2.05, 4.69) is 42.3 Å². The van der Waals surface area contributed by atoms with Gasteiger partial charge in [-0.2, -0.15) is 0 Å². The summed E-state index contributed by atoms with van der Waals surface area (Å²) in [6.45, 7) is 5.19. The summed E-state index contributed by atoms with van der Waals surface area (Å²) in [7, 11) is 0. The van der Waals surface area contributed by atoms with Crippen LogP contribution in [0.3, 0.4) is 0 Å². The van der Waals surface area contributed by atoms with Gasteiger partial charge in [0.05, 0.1) is 0 Å². The zero-order valence-electron chi connectivity index (χ0n) is 11.6. The van der Waals surface area contributed by atoms with E-state index in [-0.39, 0.29) is 0 Å². The standard InChI is InChI=1S/C17H23N/c1-3-5-9-17(18-12-4-2)16-11-10-14-7-6-8-15(14)13-16/h10-11,13,17-18H,4,6-9,12H2,1-2H3. The van der Waals surface area contributed by atoms with Gasteiger partial charge in [0.2, 0.25) is 0 Å². The summed E-state index contributed by atoms with van der Waals surface area (Å²) in [5.74, 6) is 6.22. The van der Waals surface area contributed by atoms with E-state index in [1.807, 2.05) is 6.92 Å². The summed E-state index contributed by atoms with van der Waals surface area (Å²) >= 11 is 0. The number of hydrogen-bond donors (Lipinski definition) is 1. The second-order valence-electron chi connectivity index (χ2n) is 5.02. The van der Waals surface area contributed by atoms with Crippen LogP contribution in [0.4, 0.5) is 0 Å². The molecule has 0 aromatic heterocycles. The molecular formula is C17H23N. The Kier molecular flexibility index (Phi) is 4.84. The van der Waals surface area contributed by atoms with Crippen molar-refractivity contribution in [2.45, 2.75) is 52.0 Å². The molecule has 0 spiro atoms. The molecule has 1 unspecified atom stereocenters. The monoisotopic (exact) mass is 241 g/mol. The van der Waals surface area contributed by atoms with Crippen molar-refractivity contribution in [3.63, 3.8) is 0 Å². The highest BCUT2D eigenvalue weighted by atomic mass is 14.9. The van der Waals surface area contributed by atoms with Crippen LogP contribution in [-0.4, -0.2) is 6.54 Å². The zero-order chi connectivity index (χ0) is 12.8. The van der Waals surface area contributed by atoms with E-state index in [4.69, 9.17) is 0 Å². The predicted molar refractivity (Wildman–Crippen MR) is 77.6 cm³/mol. The van der Waals surface area contributed by atoms with Crippen molar-refractivity contribution >= 4 is 0 Å². The Hall–Kier alpha value is -1.26. The molecule has 0 heterocycles.